The normalized spacial score (nSPS) is 17.7. The highest BCUT2D eigenvalue weighted by atomic mass is 16.2. The molecule has 5 rings (SSSR count). The van der Waals surface area contributed by atoms with Crippen LogP contribution in [-0.2, 0) is 9.59 Å². The number of aromatic nitrogens is 4. The highest BCUT2D eigenvalue weighted by molar-refractivity contribution is 6.15. The Labute approximate surface area is 166 Å². The maximum Gasteiger partial charge on any atom is 0.254 e. The highest BCUT2D eigenvalue weighted by Gasteiger charge is 2.25. The molecular weight excluding hydrogens is 370 g/mol. The summed E-state index contributed by atoms with van der Waals surface area (Å²) in [4.78, 5) is 32.6. The summed E-state index contributed by atoms with van der Waals surface area (Å²) in [6.07, 6.45) is 5.78. The first-order valence-corrected chi connectivity index (χ1v) is 9.52. The summed E-state index contributed by atoms with van der Waals surface area (Å²) in [6.45, 7) is 0.822. The van der Waals surface area contributed by atoms with Gasteiger partial charge in [-0.25, -0.2) is 0 Å². The molecule has 2 aromatic heterocycles. The Morgan fingerprint density at radius 3 is 2.72 bits per heavy atom. The lowest BCUT2D eigenvalue weighted by Gasteiger charge is -2.10. The predicted octanol–water partition coefficient (Wildman–Crippen LogP) is 2.12. The topological polar surface area (TPSA) is 113 Å². The molecular formula is C20H19N7O2. The van der Waals surface area contributed by atoms with Crippen molar-refractivity contribution < 1.29 is 9.59 Å². The number of carbonyl (C=O) groups is 2. The minimum atomic E-state index is -0.377. The standard InChI is InChI=1S/C20H19N7O2/c28-16-9-13(18(29)24-16)8-14-11-22-27-17(14)25-19(21-10-12-6-7-12)26-20(27)23-15-4-2-1-3-5-15/h1-5,8,11-12H,6-7,9-10H2,(H,24,28,29)(H2,21,23,25,26)/b13-8+. The smallest absolute Gasteiger partial charge is 0.254 e. The number of para-hydroxylation sites is 1. The van der Waals surface area contributed by atoms with E-state index in [1.165, 1.54) is 12.8 Å². The average Bonchev–Trinajstić information content (AvgIpc) is 3.38. The fourth-order valence-electron chi connectivity index (χ4n) is 3.17. The summed E-state index contributed by atoms with van der Waals surface area (Å²) in [5, 5.41) is 13.2. The molecule has 0 unspecified atom stereocenters. The molecule has 3 N–H and O–H groups in total. The van der Waals surface area contributed by atoms with Gasteiger partial charge in [-0.3, -0.25) is 14.9 Å². The summed E-state index contributed by atoms with van der Waals surface area (Å²) in [5.74, 6) is 0.995. The lowest BCUT2D eigenvalue weighted by Crippen LogP contribution is -2.19. The van der Waals surface area contributed by atoms with E-state index in [4.69, 9.17) is 0 Å². The molecule has 1 aliphatic heterocycles. The van der Waals surface area contributed by atoms with Crippen LogP contribution in [0.4, 0.5) is 17.6 Å². The Kier molecular flexibility index (Phi) is 4.19. The van der Waals surface area contributed by atoms with Gasteiger partial charge in [0.15, 0.2) is 5.65 Å². The molecule has 9 heteroatoms. The summed E-state index contributed by atoms with van der Waals surface area (Å²) >= 11 is 0. The van der Waals surface area contributed by atoms with Crippen LogP contribution in [0.1, 0.15) is 24.8 Å². The number of carbonyl (C=O) groups excluding carboxylic acids is 2. The Bertz CT molecular complexity index is 1130. The van der Waals surface area contributed by atoms with Crippen LogP contribution in [-0.4, -0.2) is 37.9 Å². The largest absolute Gasteiger partial charge is 0.354 e. The van der Waals surface area contributed by atoms with Gasteiger partial charge < -0.3 is 10.6 Å². The van der Waals surface area contributed by atoms with E-state index in [0.29, 0.717) is 34.6 Å². The number of rotatable bonds is 6. The van der Waals surface area contributed by atoms with Crippen LogP contribution in [0.3, 0.4) is 0 Å². The number of anilines is 3. The summed E-state index contributed by atoms with van der Waals surface area (Å²) < 4.78 is 1.59. The number of nitrogens with one attached hydrogen (secondary N) is 3. The van der Waals surface area contributed by atoms with E-state index >= 15 is 0 Å². The van der Waals surface area contributed by atoms with E-state index in [1.807, 2.05) is 30.3 Å². The molecule has 9 nitrogen and oxygen atoms in total. The zero-order chi connectivity index (χ0) is 19.8. The van der Waals surface area contributed by atoms with E-state index in [2.05, 4.69) is 31.0 Å². The number of amides is 2. The van der Waals surface area contributed by atoms with Gasteiger partial charge in [0.05, 0.1) is 12.6 Å². The summed E-state index contributed by atoms with van der Waals surface area (Å²) in [7, 11) is 0. The lowest BCUT2D eigenvalue weighted by molar-refractivity contribution is -0.124. The van der Waals surface area contributed by atoms with E-state index in [0.717, 1.165) is 12.2 Å². The number of hydrogen-bond donors (Lipinski definition) is 3. The van der Waals surface area contributed by atoms with Gasteiger partial charge in [-0.1, -0.05) is 18.2 Å². The molecule has 0 bridgehead atoms. The van der Waals surface area contributed by atoms with E-state index in [-0.39, 0.29) is 18.2 Å². The van der Waals surface area contributed by atoms with Crippen molar-refractivity contribution in [3.05, 3.63) is 47.7 Å². The number of imide groups is 1. The first kappa shape index (κ1) is 17.4. The Morgan fingerprint density at radius 1 is 1.17 bits per heavy atom. The Balaban J connectivity index is 1.55. The second-order valence-corrected chi connectivity index (χ2v) is 7.25. The number of fused-ring (bicyclic) bond motifs is 1. The molecule has 0 atom stereocenters. The van der Waals surface area contributed by atoms with E-state index < -0.39 is 0 Å². The molecule has 1 saturated heterocycles. The van der Waals surface area contributed by atoms with Crippen LogP contribution >= 0.6 is 0 Å². The minimum absolute atomic E-state index is 0.0587. The van der Waals surface area contributed by atoms with Crippen molar-refractivity contribution in [2.75, 3.05) is 17.2 Å². The maximum absolute atomic E-state index is 11.9. The van der Waals surface area contributed by atoms with E-state index in [1.54, 1.807) is 16.8 Å². The predicted molar refractivity (Wildman–Crippen MR) is 107 cm³/mol. The van der Waals surface area contributed by atoms with Crippen molar-refractivity contribution in [3.63, 3.8) is 0 Å². The molecule has 3 aromatic rings. The van der Waals surface area contributed by atoms with Crippen molar-refractivity contribution in [2.45, 2.75) is 19.3 Å². The van der Waals surface area contributed by atoms with Gasteiger partial charge in [-0.2, -0.15) is 19.6 Å². The van der Waals surface area contributed by atoms with Crippen molar-refractivity contribution in [2.24, 2.45) is 5.92 Å². The van der Waals surface area contributed by atoms with Gasteiger partial charge in [0, 0.05) is 23.4 Å². The van der Waals surface area contributed by atoms with Crippen LogP contribution in [0.2, 0.25) is 0 Å². The number of nitrogens with zero attached hydrogens (tertiary/aromatic N) is 4. The number of hydrogen-bond acceptors (Lipinski definition) is 7. The zero-order valence-corrected chi connectivity index (χ0v) is 15.6. The van der Waals surface area contributed by atoms with Crippen molar-refractivity contribution >= 4 is 41.1 Å². The van der Waals surface area contributed by atoms with E-state index in [9.17, 15) is 9.59 Å². The SMILES string of the molecule is O=C1C/C(=C\c2cnn3c(Nc4ccccc4)nc(NCC4CC4)nc23)C(=O)N1. The minimum Gasteiger partial charge on any atom is -0.354 e. The van der Waals surface area contributed by atoms with Crippen molar-refractivity contribution in [3.8, 4) is 0 Å². The molecule has 0 spiro atoms. The zero-order valence-electron chi connectivity index (χ0n) is 15.6. The molecule has 1 aliphatic carbocycles. The van der Waals surface area contributed by atoms with Crippen molar-refractivity contribution in [1.29, 1.82) is 0 Å². The maximum atomic E-state index is 11.9. The van der Waals surface area contributed by atoms with Gasteiger partial charge in [-0.05, 0) is 37.0 Å². The van der Waals surface area contributed by atoms with Crippen LogP contribution in [0.25, 0.3) is 11.7 Å². The fraction of sp³-hybridized carbons (Fsp3) is 0.250. The molecule has 2 aliphatic rings. The van der Waals surface area contributed by atoms with Gasteiger partial charge in [0.2, 0.25) is 17.8 Å². The quantitative estimate of drug-likeness (QED) is 0.437. The summed E-state index contributed by atoms with van der Waals surface area (Å²) in [5.41, 5.74) is 2.47. The van der Waals surface area contributed by atoms with Crippen LogP contribution in [0.5, 0.6) is 0 Å². The first-order chi connectivity index (χ1) is 14.2. The third kappa shape index (κ3) is 3.66. The molecule has 2 fully saturated rings. The molecule has 29 heavy (non-hydrogen) atoms. The van der Waals surface area contributed by atoms with Crippen molar-refractivity contribution in [1.82, 2.24) is 24.9 Å². The van der Waals surface area contributed by atoms with Crippen LogP contribution in [0, 0.1) is 5.92 Å². The second kappa shape index (κ2) is 7.01. The van der Waals surface area contributed by atoms with Gasteiger partial charge in [-0.15, -0.1) is 0 Å². The second-order valence-electron chi connectivity index (χ2n) is 7.25. The molecule has 0 radical (unpaired) electrons. The Hall–Kier alpha value is -3.75. The van der Waals surface area contributed by atoms with Gasteiger partial charge in [0.25, 0.3) is 5.91 Å². The molecule has 146 valence electrons. The highest BCUT2D eigenvalue weighted by Crippen LogP contribution is 2.29. The summed E-state index contributed by atoms with van der Waals surface area (Å²) in [6, 6.07) is 9.68. The third-order valence-electron chi connectivity index (χ3n) is 4.90. The van der Waals surface area contributed by atoms with Gasteiger partial charge in [0.1, 0.15) is 0 Å². The molecule has 1 saturated carbocycles. The fourth-order valence-corrected chi connectivity index (χ4v) is 3.17. The number of benzene rings is 1. The first-order valence-electron chi connectivity index (χ1n) is 9.52. The lowest BCUT2D eigenvalue weighted by atomic mass is 10.1. The molecule has 3 heterocycles. The molecule has 2 amide bonds. The third-order valence-corrected chi connectivity index (χ3v) is 4.90. The van der Waals surface area contributed by atoms with Gasteiger partial charge >= 0.3 is 0 Å². The van der Waals surface area contributed by atoms with Crippen LogP contribution in [0.15, 0.2) is 42.1 Å². The Morgan fingerprint density at radius 2 is 2.00 bits per heavy atom. The molecule has 1 aromatic carbocycles. The average molecular weight is 389 g/mol. The van der Waals surface area contributed by atoms with Crippen LogP contribution < -0.4 is 16.0 Å². The monoisotopic (exact) mass is 389 g/mol.